The molecule has 0 heterocycles. The third-order valence-electron chi connectivity index (χ3n) is 2.92. The molecule has 0 N–H and O–H groups in total. The number of ether oxygens (including phenoxy) is 2. The number of rotatable bonds is 6. The van der Waals surface area contributed by atoms with Crippen LogP contribution in [0.25, 0.3) is 0 Å². The van der Waals surface area contributed by atoms with Crippen LogP contribution in [0.2, 0.25) is 19.6 Å². The van der Waals surface area contributed by atoms with Gasteiger partial charge in [-0.3, -0.25) is 0 Å². The summed E-state index contributed by atoms with van der Waals surface area (Å²) >= 11 is 0. The average Bonchev–Trinajstić information content (AvgIpc) is 2.24. The Bertz CT molecular complexity index is 402. The molecule has 0 aliphatic rings. The van der Waals surface area contributed by atoms with Crippen LogP contribution in [0.1, 0.15) is 5.56 Å². The van der Waals surface area contributed by atoms with Gasteiger partial charge in [-0.15, -0.1) is 0 Å². The van der Waals surface area contributed by atoms with E-state index in [4.69, 9.17) is 9.47 Å². The molecule has 4 heteroatoms. The summed E-state index contributed by atoms with van der Waals surface area (Å²) in [5.74, 6) is 1.73. The van der Waals surface area contributed by atoms with E-state index in [9.17, 15) is 0 Å². The molecule has 19 heavy (non-hydrogen) atoms. The van der Waals surface area contributed by atoms with Crippen molar-refractivity contribution < 1.29 is 14.0 Å². The molecule has 0 aliphatic carbocycles. The molecule has 1 aromatic rings. The first-order valence-electron chi connectivity index (χ1n) is 6.69. The molecule has 0 saturated carbocycles. The minimum atomic E-state index is -1.08. The van der Waals surface area contributed by atoms with Gasteiger partial charge in [-0.25, -0.2) is 0 Å². The van der Waals surface area contributed by atoms with E-state index in [1.54, 1.807) is 14.2 Å². The van der Waals surface area contributed by atoms with Crippen LogP contribution in [0.4, 0.5) is 0 Å². The Balaban J connectivity index is 2.91. The first-order valence-corrected chi connectivity index (χ1v) is 10.4. The number of nitrogens with zero attached hydrogens (tertiary/aromatic N) is 1. The van der Waals surface area contributed by atoms with Gasteiger partial charge in [0.25, 0.3) is 0 Å². The molecular weight excluding hydrogens is 254 g/mol. The lowest BCUT2D eigenvalue weighted by Crippen LogP contribution is -2.49. The molecule has 0 spiro atoms. The molecule has 0 fully saturated rings. The van der Waals surface area contributed by atoms with Crippen molar-refractivity contribution in [2.45, 2.75) is 26.2 Å². The summed E-state index contributed by atoms with van der Waals surface area (Å²) in [6, 6.07) is 6.13. The van der Waals surface area contributed by atoms with Crippen LogP contribution in [0.5, 0.6) is 11.5 Å². The maximum atomic E-state index is 5.33. The number of quaternary nitrogens is 1. The summed E-state index contributed by atoms with van der Waals surface area (Å²) in [5, 5.41) is 0. The van der Waals surface area contributed by atoms with Crippen LogP contribution in [-0.2, 0) is 6.54 Å². The van der Waals surface area contributed by atoms with E-state index in [1.807, 2.05) is 6.07 Å². The summed E-state index contributed by atoms with van der Waals surface area (Å²) in [6.45, 7) is 8.25. The van der Waals surface area contributed by atoms with E-state index in [0.29, 0.717) is 0 Å². The van der Waals surface area contributed by atoms with Gasteiger partial charge >= 0.3 is 0 Å². The fourth-order valence-electron chi connectivity index (χ4n) is 2.79. The number of methoxy groups -OCH3 is 2. The van der Waals surface area contributed by atoms with Gasteiger partial charge in [0.15, 0.2) is 0 Å². The number of hydrogen-bond donors (Lipinski definition) is 0. The largest absolute Gasteiger partial charge is 0.497 e. The van der Waals surface area contributed by atoms with Gasteiger partial charge < -0.3 is 14.0 Å². The quantitative estimate of drug-likeness (QED) is 0.589. The van der Waals surface area contributed by atoms with Gasteiger partial charge in [0.2, 0.25) is 0 Å². The molecular formula is C15H28NO2Si+. The number of benzene rings is 1. The Labute approximate surface area is 118 Å². The summed E-state index contributed by atoms with van der Waals surface area (Å²) in [5.41, 5.74) is 1.26. The molecule has 0 saturated heterocycles. The van der Waals surface area contributed by atoms with E-state index >= 15 is 0 Å². The van der Waals surface area contributed by atoms with Crippen molar-refractivity contribution in [1.82, 2.24) is 0 Å². The predicted octanol–water partition coefficient (Wildman–Crippen LogP) is 3.16. The molecule has 3 nitrogen and oxygen atoms in total. The third-order valence-corrected chi connectivity index (χ3v) is 4.73. The minimum absolute atomic E-state index is 0.863. The lowest BCUT2D eigenvalue weighted by Gasteiger charge is -2.35. The van der Waals surface area contributed by atoms with Crippen molar-refractivity contribution in [2.24, 2.45) is 0 Å². The van der Waals surface area contributed by atoms with Crippen LogP contribution in [0.3, 0.4) is 0 Å². The Morgan fingerprint density at radius 3 is 1.79 bits per heavy atom. The smallest absolute Gasteiger partial charge is 0.123 e. The zero-order chi connectivity index (χ0) is 14.7. The SMILES string of the molecule is COc1cc(C[N+](C)(C)C[Si](C)(C)C)cc(OC)c1. The fourth-order valence-corrected chi connectivity index (χ4v) is 5.47. The zero-order valence-electron chi connectivity index (χ0n) is 13.4. The van der Waals surface area contributed by atoms with Gasteiger partial charge in [0.05, 0.1) is 34.5 Å². The van der Waals surface area contributed by atoms with E-state index in [1.165, 1.54) is 11.7 Å². The molecule has 0 unspecified atom stereocenters. The second-order valence-electron chi connectivity index (χ2n) is 7.03. The van der Waals surface area contributed by atoms with Crippen molar-refractivity contribution in [3.63, 3.8) is 0 Å². The molecule has 0 amide bonds. The number of hydrogen-bond acceptors (Lipinski definition) is 2. The van der Waals surface area contributed by atoms with E-state index in [0.717, 1.165) is 22.5 Å². The molecule has 108 valence electrons. The molecule has 0 aliphatic heterocycles. The first-order chi connectivity index (χ1) is 8.65. The molecule has 0 atom stereocenters. The molecule has 0 aromatic heterocycles. The minimum Gasteiger partial charge on any atom is -0.497 e. The lowest BCUT2D eigenvalue weighted by molar-refractivity contribution is -0.894. The average molecular weight is 282 g/mol. The first kappa shape index (κ1) is 16.1. The van der Waals surface area contributed by atoms with Gasteiger partial charge in [0.1, 0.15) is 26.1 Å². The second-order valence-corrected chi connectivity index (χ2v) is 12.5. The van der Waals surface area contributed by atoms with Crippen molar-refractivity contribution in [1.29, 1.82) is 0 Å². The van der Waals surface area contributed by atoms with Gasteiger partial charge in [-0.2, -0.15) is 0 Å². The van der Waals surface area contributed by atoms with Crippen molar-refractivity contribution in [3.8, 4) is 11.5 Å². The molecule has 1 aromatic carbocycles. The monoisotopic (exact) mass is 282 g/mol. The van der Waals surface area contributed by atoms with Crippen molar-refractivity contribution in [2.75, 3.05) is 34.5 Å². The predicted molar refractivity (Wildman–Crippen MR) is 83.6 cm³/mol. The Morgan fingerprint density at radius 1 is 0.947 bits per heavy atom. The normalized spacial score (nSPS) is 12.4. The maximum absolute atomic E-state index is 5.33. The van der Waals surface area contributed by atoms with Gasteiger partial charge in [-0.1, -0.05) is 19.6 Å². The highest BCUT2D eigenvalue weighted by Crippen LogP contribution is 2.24. The topological polar surface area (TPSA) is 18.5 Å². The summed E-state index contributed by atoms with van der Waals surface area (Å²) in [7, 11) is 6.90. The molecule has 0 bridgehead atoms. The van der Waals surface area contributed by atoms with Crippen LogP contribution in [0.15, 0.2) is 18.2 Å². The summed E-state index contributed by atoms with van der Waals surface area (Å²) in [4.78, 5) is 0. The summed E-state index contributed by atoms with van der Waals surface area (Å²) < 4.78 is 11.7. The Morgan fingerprint density at radius 2 is 1.42 bits per heavy atom. The fraction of sp³-hybridized carbons (Fsp3) is 0.600. The molecule has 1 rings (SSSR count). The van der Waals surface area contributed by atoms with Crippen LogP contribution in [-0.4, -0.2) is 47.0 Å². The Hall–Kier alpha value is -1.00. The van der Waals surface area contributed by atoms with Crippen LogP contribution < -0.4 is 9.47 Å². The van der Waals surface area contributed by atoms with E-state index in [2.05, 4.69) is 45.9 Å². The zero-order valence-corrected chi connectivity index (χ0v) is 14.4. The standard InChI is InChI=1S/C15H28NO2Si/c1-16(2,12-19(5,6)7)11-13-8-14(17-3)10-15(9-13)18-4/h8-10H,11-12H2,1-7H3/q+1. The lowest BCUT2D eigenvalue weighted by atomic mass is 10.2. The van der Waals surface area contributed by atoms with Crippen LogP contribution >= 0.6 is 0 Å². The van der Waals surface area contributed by atoms with Gasteiger partial charge in [-0.05, 0) is 12.1 Å². The van der Waals surface area contributed by atoms with Gasteiger partial charge in [0, 0.05) is 11.6 Å². The van der Waals surface area contributed by atoms with Crippen LogP contribution in [0, 0.1) is 0 Å². The second kappa shape index (κ2) is 5.97. The Kier molecular flexibility index (Phi) is 5.04. The third kappa shape index (κ3) is 5.66. The summed E-state index contributed by atoms with van der Waals surface area (Å²) in [6.07, 6.45) is 1.26. The highest BCUT2D eigenvalue weighted by atomic mass is 28.3. The van der Waals surface area contributed by atoms with E-state index in [-0.39, 0.29) is 0 Å². The highest BCUT2D eigenvalue weighted by molar-refractivity contribution is 6.75. The van der Waals surface area contributed by atoms with Crippen molar-refractivity contribution in [3.05, 3.63) is 23.8 Å². The highest BCUT2D eigenvalue weighted by Gasteiger charge is 2.26. The molecule has 0 radical (unpaired) electrons. The van der Waals surface area contributed by atoms with E-state index < -0.39 is 8.07 Å². The van der Waals surface area contributed by atoms with Crippen molar-refractivity contribution >= 4 is 8.07 Å². The maximum Gasteiger partial charge on any atom is 0.123 e.